The summed E-state index contributed by atoms with van der Waals surface area (Å²) in [4.78, 5) is 0. The molecule has 140 valence electrons. The van der Waals surface area contributed by atoms with Gasteiger partial charge < -0.3 is 14.2 Å². The Balaban J connectivity index is 0.000000143. The Bertz CT molecular complexity index is 366. The van der Waals surface area contributed by atoms with E-state index in [9.17, 15) is 4.39 Å². The summed E-state index contributed by atoms with van der Waals surface area (Å²) in [6.45, 7) is 6.28. The lowest BCUT2D eigenvalue weighted by molar-refractivity contribution is -0.159. The first-order chi connectivity index (χ1) is 11.5. The Morgan fingerprint density at radius 3 is 2.17 bits per heavy atom. The molecule has 4 nitrogen and oxygen atoms in total. The monoisotopic (exact) mass is 343 g/mol. The predicted molar refractivity (Wildman–Crippen MR) is 91.8 cm³/mol. The summed E-state index contributed by atoms with van der Waals surface area (Å²) in [5.74, 6) is 0. The zero-order valence-corrected chi connectivity index (χ0v) is 15.4. The fourth-order valence-corrected chi connectivity index (χ4v) is 5.00. The van der Waals surface area contributed by atoms with Gasteiger partial charge in [-0.3, -0.25) is 5.32 Å². The number of ether oxygens (including phenoxy) is 3. The van der Waals surface area contributed by atoms with Crippen LogP contribution in [-0.2, 0) is 14.2 Å². The van der Waals surface area contributed by atoms with Gasteiger partial charge in [-0.1, -0.05) is 0 Å². The van der Waals surface area contributed by atoms with Crippen molar-refractivity contribution in [1.29, 1.82) is 0 Å². The number of nitrogens with one attached hydrogen (secondary N) is 1. The van der Waals surface area contributed by atoms with Crippen LogP contribution in [0.1, 0.15) is 58.3 Å². The second-order valence-electron chi connectivity index (χ2n) is 8.66. The van der Waals surface area contributed by atoms with E-state index in [1.165, 1.54) is 25.7 Å². The summed E-state index contributed by atoms with van der Waals surface area (Å²) in [5, 5.41) is 3.09. The molecule has 1 unspecified atom stereocenters. The molecule has 1 atom stereocenters. The Hall–Kier alpha value is -0.230. The molecule has 3 aliphatic heterocycles. The molecule has 0 radical (unpaired) electrons. The predicted octanol–water partition coefficient (Wildman–Crippen LogP) is 3.44. The Labute approximate surface area is 145 Å². The van der Waals surface area contributed by atoms with Gasteiger partial charge in [-0.2, -0.15) is 0 Å². The third kappa shape index (κ3) is 4.48. The van der Waals surface area contributed by atoms with Crippen molar-refractivity contribution in [2.45, 2.75) is 70.2 Å². The van der Waals surface area contributed by atoms with E-state index in [0.717, 1.165) is 45.9 Å². The standard InChI is InChI=1S/C10H18FNO.C9H16O2/c1-9(11)5-10(6-9)4-3-8(12-2)13-7-10;1-2-9(8-11-5-1)3-6-10-7-4-9/h8,12H,3-7H2,1-2H3;1-8H2. The van der Waals surface area contributed by atoms with Crippen LogP contribution in [0, 0.1) is 10.8 Å². The largest absolute Gasteiger partial charge is 0.381 e. The Morgan fingerprint density at radius 2 is 1.67 bits per heavy atom. The van der Waals surface area contributed by atoms with E-state index in [1.807, 2.05) is 7.05 Å². The Morgan fingerprint density at radius 1 is 0.917 bits per heavy atom. The van der Waals surface area contributed by atoms with Crippen LogP contribution in [0.5, 0.6) is 0 Å². The van der Waals surface area contributed by atoms with Crippen LogP contribution < -0.4 is 5.32 Å². The first-order valence-electron chi connectivity index (χ1n) is 9.60. The van der Waals surface area contributed by atoms with Crippen molar-refractivity contribution in [3.05, 3.63) is 0 Å². The minimum atomic E-state index is -0.921. The van der Waals surface area contributed by atoms with Gasteiger partial charge in [0.1, 0.15) is 11.9 Å². The maximum absolute atomic E-state index is 13.3. The molecule has 5 heteroatoms. The average Bonchev–Trinajstić information content (AvgIpc) is 2.56. The van der Waals surface area contributed by atoms with Crippen molar-refractivity contribution in [1.82, 2.24) is 5.32 Å². The van der Waals surface area contributed by atoms with E-state index in [0.29, 0.717) is 18.3 Å². The third-order valence-electron chi connectivity index (χ3n) is 6.29. The van der Waals surface area contributed by atoms with E-state index in [4.69, 9.17) is 14.2 Å². The molecule has 0 bridgehead atoms. The van der Waals surface area contributed by atoms with E-state index < -0.39 is 5.67 Å². The van der Waals surface area contributed by atoms with Crippen LogP contribution in [0.3, 0.4) is 0 Å². The quantitative estimate of drug-likeness (QED) is 0.792. The molecule has 0 amide bonds. The average molecular weight is 343 g/mol. The van der Waals surface area contributed by atoms with Crippen molar-refractivity contribution in [3.8, 4) is 0 Å². The maximum atomic E-state index is 13.3. The first kappa shape index (κ1) is 18.6. The van der Waals surface area contributed by atoms with Crippen LogP contribution in [0.4, 0.5) is 4.39 Å². The molecule has 24 heavy (non-hydrogen) atoms. The molecule has 0 aromatic carbocycles. The molecule has 4 fully saturated rings. The SMILES string of the molecule is C1COCC2(C1)CCOCC2.CNC1CCC2(CO1)CC(C)(F)C2. The third-order valence-corrected chi connectivity index (χ3v) is 6.29. The second-order valence-corrected chi connectivity index (χ2v) is 8.66. The van der Waals surface area contributed by atoms with E-state index in [1.54, 1.807) is 6.92 Å². The lowest BCUT2D eigenvalue weighted by atomic mass is 9.58. The van der Waals surface area contributed by atoms with Crippen LogP contribution in [0.25, 0.3) is 0 Å². The Kier molecular flexibility index (Phi) is 5.85. The van der Waals surface area contributed by atoms with Gasteiger partial charge in [-0.15, -0.1) is 0 Å². The summed E-state index contributed by atoms with van der Waals surface area (Å²) in [7, 11) is 1.91. The molecule has 1 saturated carbocycles. The highest BCUT2D eigenvalue weighted by molar-refractivity contribution is 5.03. The van der Waals surface area contributed by atoms with Crippen LogP contribution >= 0.6 is 0 Å². The highest BCUT2D eigenvalue weighted by atomic mass is 19.1. The minimum absolute atomic E-state index is 0.177. The van der Waals surface area contributed by atoms with E-state index >= 15 is 0 Å². The number of alkyl halides is 1. The fourth-order valence-electron chi connectivity index (χ4n) is 5.00. The number of halogens is 1. The highest BCUT2D eigenvalue weighted by Crippen LogP contribution is 2.55. The molecule has 3 saturated heterocycles. The normalized spacial score (nSPS) is 41.4. The van der Waals surface area contributed by atoms with Crippen molar-refractivity contribution in [2.24, 2.45) is 10.8 Å². The van der Waals surface area contributed by atoms with Crippen molar-refractivity contribution >= 4 is 0 Å². The number of hydrogen-bond donors (Lipinski definition) is 1. The molecule has 0 aromatic rings. The first-order valence-corrected chi connectivity index (χ1v) is 9.60. The molecule has 0 aromatic heterocycles. The fraction of sp³-hybridized carbons (Fsp3) is 1.00. The molecule has 4 aliphatic rings. The van der Waals surface area contributed by atoms with Crippen LogP contribution in [-0.4, -0.2) is 52.0 Å². The van der Waals surface area contributed by atoms with Gasteiger partial charge in [-0.25, -0.2) is 4.39 Å². The van der Waals surface area contributed by atoms with Gasteiger partial charge in [0.25, 0.3) is 0 Å². The lowest BCUT2D eigenvalue weighted by Gasteiger charge is -2.53. The van der Waals surface area contributed by atoms with Gasteiger partial charge in [0, 0.05) is 19.8 Å². The van der Waals surface area contributed by atoms with Gasteiger partial charge in [0.2, 0.25) is 0 Å². The van der Waals surface area contributed by atoms with Gasteiger partial charge in [0.15, 0.2) is 0 Å². The summed E-state index contributed by atoms with van der Waals surface area (Å²) < 4.78 is 29.8. The van der Waals surface area contributed by atoms with Gasteiger partial charge >= 0.3 is 0 Å². The molecular weight excluding hydrogens is 309 g/mol. The molecule has 4 rings (SSSR count). The molecule has 2 spiro atoms. The van der Waals surface area contributed by atoms with E-state index in [-0.39, 0.29) is 11.6 Å². The molecule has 1 aliphatic carbocycles. The smallest absolute Gasteiger partial charge is 0.109 e. The van der Waals surface area contributed by atoms with Crippen molar-refractivity contribution < 1.29 is 18.6 Å². The molecule has 1 N–H and O–H groups in total. The summed E-state index contributed by atoms with van der Waals surface area (Å²) in [6, 6.07) is 0. The number of hydrogen-bond acceptors (Lipinski definition) is 4. The number of rotatable bonds is 1. The van der Waals surface area contributed by atoms with E-state index in [2.05, 4.69) is 5.32 Å². The van der Waals surface area contributed by atoms with Crippen LogP contribution in [0.15, 0.2) is 0 Å². The van der Waals surface area contributed by atoms with Crippen molar-refractivity contribution in [2.75, 3.05) is 40.1 Å². The molecule has 3 heterocycles. The summed E-state index contributed by atoms with van der Waals surface area (Å²) >= 11 is 0. The van der Waals surface area contributed by atoms with Gasteiger partial charge in [0.05, 0.1) is 13.2 Å². The second kappa shape index (κ2) is 7.56. The highest BCUT2D eigenvalue weighted by Gasteiger charge is 2.53. The lowest BCUT2D eigenvalue weighted by Crippen LogP contribution is -2.53. The zero-order valence-electron chi connectivity index (χ0n) is 15.4. The van der Waals surface area contributed by atoms with Gasteiger partial charge in [-0.05, 0) is 76.2 Å². The topological polar surface area (TPSA) is 39.7 Å². The zero-order chi connectivity index (χ0) is 17.1. The van der Waals surface area contributed by atoms with Crippen LogP contribution in [0.2, 0.25) is 0 Å². The van der Waals surface area contributed by atoms with Crippen molar-refractivity contribution in [3.63, 3.8) is 0 Å². The maximum Gasteiger partial charge on any atom is 0.109 e. The molecular formula is C19H34FNO3. The minimum Gasteiger partial charge on any atom is -0.381 e. The summed E-state index contributed by atoms with van der Waals surface area (Å²) in [6.07, 6.45) is 8.74. The summed E-state index contributed by atoms with van der Waals surface area (Å²) in [5.41, 5.74) is -0.233.